The molecule has 6 heterocycles. The molecule has 0 bridgehead atoms. The molecule has 6 aromatic heterocycles. The van der Waals surface area contributed by atoms with Gasteiger partial charge >= 0.3 is 0 Å². The van der Waals surface area contributed by atoms with E-state index >= 15 is 0 Å². The normalized spacial score (nSPS) is 12.0. The Hall–Kier alpha value is -12.1. The van der Waals surface area contributed by atoms with Gasteiger partial charge in [0.1, 0.15) is 0 Å². The van der Waals surface area contributed by atoms with Gasteiger partial charge in [-0.05, 0) is 127 Å². The molecule has 6 nitrogen and oxygen atoms in total. The highest BCUT2D eigenvalue weighted by Gasteiger charge is 2.24. The molecular formula is C84H54N6. The third kappa shape index (κ3) is 7.27. The average molecular weight is 1150 g/mol. The van der Waals surface area contributed by atoms with E-state index in [0.29, 0.717) is 0 Å². The Morgan fingerprint density at radius 3 is 0.844 bits per heavy atom. The van der Waals surface area contributed by atoms with Gasteiger partial charge in [-0.3, -0.25) is 0 Å². The van der Waals surface area contributed by atoms with Gasteiger partial charge in [0.25, 0.3) is 0 Å². The molecule has 0 aliphatic rings. The number of hydrogen-bond donors (Lipinski definition) is 0. The second-order valence-electron chi connectivity index (χ2n) is 23.6. The van der Waals surface area contributed by atoms with Gasteiger partial charge in [-0.2, -0.15) is 0 Å². The summed E-state index contributed by atoms with van der Waals surface area (Å²) in [6.45, 7) is 0. The average Bonchev–Trinajstić information content (AvgIpc) is 1.57. The number of hydrogen-bond acceptors (Lipinski definition) is 0. The second kappa shape index (κ2) is 19.7. The van der Waals surface area contributed by atoms with Gasteiger partial charge in [0.2, 0.25) is 0 Å². The van der Waals surface area contributed by atoms with Gasteiger partial charge in [0.05, 0.1) is 66.2 Å². The molecule has 420 valence electrons. The van der Waals surface area contributed by atoms with Crippen molar-refractivity contribution in [2.75, 3.05) is 0 Å². The fourth-order valence-electron chi connectivity index (χ4n) is 15.2. The Balaban J connectivity index is 0.000000130. The van der Waals surface area contributed by atoms with Crippen LogP contribution in [0, 0.1) is 0 Å². The van der Waals surface area contributed by atoms with Crippen LogP contribution in [0.3, 0.4) is 0 Å². The number of para-hydroxylation sites is 10. The van der Waals surface area contributed by atoms with Crippen molar-refractivity contribution in [1.82, 2.24) is 27.4 Å². The molecule has 0 N–H and O–H groups in total. The number of fused-ring (bicyclic) bond motifs is 20. The van der Waals surface area contributed by atoms with Crippen molar-refractivity contribution in [2.45, 2.75) is 0 Å². The van der Waals surface area contributed by atoms with E-state index in [1.807, 2.05) is 0 Å². The van der Waals surface area contributed by atoms with Crippen molar-refractivity contribution >= 4 is 131 Å². The van der Waals surface area contributed by atoms with E-state index in [-0.39, 0.29) is 0 Å². The summed E-state index contributed by atoms with van der Waals surface area (Å²) >= 11 is 0. The first-order valence-electron chi connectivity index (χ1n) is 30.9. The van der Waals surface area contributed by atoms with Gasteiger partial charge in [0.15, 0.2) is 0 Å². The van der Waals surface area contributed by atoms with E-state index in [2.05, 4.69) is 355 Å². The van der Waals surface area contributed by atoms with Crippen LogP contribution in [-0.4, -0.2) is 27.4 Å². The van der Waals surface area contributed by atoms with Crippen molar-refractivity contribution in [2.24, 2.45) is 0 Å². The fraction of sp³-hybridized carbons (Fsp3) is 0. The van der Waals surface area contributed by atoms with Crippen LogP contribution in [0.4, 0.5) is 0 Å². The van der Waals surface area contributed by atoms with Crippen molar-refractivity contribution in [3.05, 3.63) is 328 Å². The minimum absolute atomic E-state index is 1.15. The number of benzene rings is 14. The van der Waals surface area contributed by atoms with E-state index in [1.165, 1.54) is 148 Å². The molecule has 0 aliphatic carbocycles. The number of nitrogens with zero attached hydrogens (tertiary/aromatic N) is 6. The van der Waals surface area contributed by atoms with Gasteiger partial charge in [-0.15, -0.1) is 0 Å². The molecule has 0 atom stereocenters. The summed E-state index contributed by atoms with van der Waals surface area (Å²) in [5.41, 5.74) is 21.6. The molecule has 0 unspecified atom stereocenters. The highest BCUT2D eigenvalue weighted by Crippen LogP contribution is 2.46. The van der Waals surface area contributed by atoms with E-state index in [0.717, 1.165) is 17.1 Å². The largest absolute Gasteiger partial charge is 0.309 e. The van der Waals surface area contributed by atoms with Crippen LogP contribution >= 0.6 is 0 Å². The minimum atomic E-state index is 1.15. The Kier molecular flexibility index (Phi) is 11.0. The maximum absolute atomic E-state index is 2.49. The van der Waals surface area contributed by atoms with Crippen LogP contribution in [-0.2, 0) is 0 Å². The summed E-state index contributed by atoms with van der Waals surface area (Å²) in [5.74, 6) is 0. The van der Waals surface area contributed by atoms with Crippen LogP contribution in [0.5, 0.6) is 0 Å². The zero-order valence-electron chi connectivity index (χ0n) is 48.9. The molecule has 0 saturated heterocycles. The van der Waals surface area contributed by atoms with Gasteiger partial charge in [0, 0.05) is 98.8 Å². The highest BCUT2D eigenvalue weighted by molar-refractivity contribution is 6.28. The predicted molar refractivity (Wildman–Crippen MR) is 379 cm³/mol. The van der Waals surface area contributed by atoms with E-state index in [1.54, 1.807) is 0 Å². The summed E-state index contributed by atoms with van der Waals surface area (Å²) in [4.78, 5) is 0. The zero-order chi connectivity index (χ0) is 59.0. The van der Waals surface area contributed by atoms with E-state index in [9.17, 15) is 0 Å². The lowest BCUT2D eigenvalue weighted by Crippen LogP contribution is -1.97. The first-order valence-corrected chi connectivity index (χ1v) is 30.9. The third-order valence-electron chi connectivity index (χ3n) is 18.8. The molecular weight excluding hydrogens is 1090 g/mol. The van der Waals surface area contributed by atoms with E-state index < -0.39 is 0 Å². The highest BCUT2D eigenvalue weighted by atomic mass is 15.0. The smallest absolute Gasteiger partial charge is 0.0641 e. The van der Waals surface area contributed by atoms with Crippen LogP contribution in [0.1, 0.15) is 0 Å². The first-order chi connectivity index (χ1) is 44.7. The Labute approximate surface area is 517 Å². The molecule has 0 amide bonds. The lowest BCUT2D eigenvalue weighted by Gasteiger charge is -2.12. The number of rotatable bonds is 6. The van der Waals surface area contributed by atoms with E-state index in [4.69, 9.17) is 0 Å². The summed E-state index contributed by atoms with van der Waals surface area (Å²) in [7, 11) is 0. The minimum Gasteiger partial charge on any atom is -0.309 e. The van der Waals surface area contributed by atoms with Crippen LogP contribution in [0.25, 0.3) is 165 Å². The van der Waals surface area contributed by atoms with Crippen LogP contribution in [0.2, 0.25) is 0 Å². The SMILES string of the molecule is c1ccc(-n2c3ccccc3c3cc(-n4c5ccccc5c5c4ccc4c6ccccc6n(-c6ccccc6)c45)ccc32)cc1.c1ccc(-n2c3ccccc3c3ccc(-n4c5ccccc5c5ccc6c(c7ccccc7n6-c6ccccc6)c54)cc32)cc1. The van der Waals surface area contributed by atoms with Crippen molar-refractivity contribution in [1.29, 1.82) is 0 Å². The van der Waals surface area contributed by atoms with Gasteiger partial charge < -0.3 is 27.4 Å². The standard InChI is InChI=1S/2C42H27N3/c1-3-13-28(14-4-1)43-36-20-10-8-18-32(36)35-27-30(23-25-39(35)43)44-38-22-12-9-19-34(38)41-40(44)26-24-33-31-17-7-11-21-37(31)45(42(33)41)29-15-5-2-6-16-29;1-3-13-28(14-4-1)43-38-22-12-9-19-35(38)41-39(43)26-25-34-32-18-8-11-21-37(32)45(42(34)41)30-23-24-33-31-17-7-10-20-36(31)44(40(33)27-30)29-15-5-2-6-16-29/h2*1-27H. The molecule has 20 aromatic rings. The third-order valence-corrected chi connectivity index (χ3v) is 18.8. The van der Waals surface area contributed by atoms with Crippen molar-refractivity contribution < 1.29 is 0 Å². The van der Waals surface area contributed by atoms with Crippen molar-refractivity contribution in [3.8, 4) is 34.1 Å². The molecule has 0 fully saturated rings. The lowest BCUT2D eigenvalue weighted by atomic mass is 10.1. The second-order valence-corrected chi connectivity index (χ2v) is 23.6. The Morgan fingerprint density at radius 2 is 0.389 bits per heavy atom. The zero-order valence-corrected chi connectivity index (χ0v) is 48.9. The molecule has 0 spiro atoms. The molecule has 14 aromatic carbocycles. The van der Waals surface area contributed by atoms with Crippen LogP contribution < -0.4 is 0 Å². The summed E-state index contributed by atoms with van der Waals surface area (Å²) in [5, 5.41) is 15.1. The Bertz CT molecular complexity index is 6250. The quantitative estimate of drug-likeness (QED) is 0.159. The summed E-state index contributed by atoms with van der Waals surface area (Å²) in [6.07, 6.45) is 0. The van der Waals surface area contributed by atoms with Crippen LogP contribution in [0.15, 0.2) is 328 Å². The molecule has 90 heavy (non-hydrogen) atoms. The topological polar surface area (TPSA) is 29.6 Å². The first kappa shape index (κ1) is 50.1. The molecule has 0 radical (unpaired) electrons. The fourth-order valence-corrected chi connectivity index (χ4v) is 15.2. The monoisotopic (exact) mass is 1150 g/mol. The Morgan fingerprint density at radius 1 is 0.133 bits per heavy atom. The molecule has 0 saturated carbocycles. The maximum atomic E-state index is 2.49. The molecule has 6 heteroatoms. The number of aromatic nitrogens is 6. The maximum Gasteiger partial charge on any atom is 0.0641 e. The lowest BCUT2D eigenvalue weighted by molar-refractivity contribution is 1.16. The predicted octanol–water partition coefficient (Wildman–Crippen LogP) is 22.0. The summed E-state index contributed by atoms with van der Waals surface area (Å²) in [6, 6.07) is 119. The molecule has 20 rings (SSSR count). The summed E-state index contributed by atoms with van der Waals surface area (Å²) < 4.78 is 14.6. The van der Waals surface area contributed by atoms with Gasteiger partial charge in [-0.25, -0.2) is 0 Å². The molecule has 0 aliphatic heterocycles. The van der Waals surface area contributed by atoms with Crippen molar-refractivity contribution in [3.63, 3.8) is 0 Å². The van der Waals surface area contributed by atoms with Gasteiger partial charge in [-0.1, -0.05) is 200 Å².